The second-order valence-electron chi connectivity index (χ2n) is 5.32. The molecule has 0 atom stereocenters. The van der Waals surface area contributed by atoms with Gasteiger partial charge in [0.25, 0.3) is 5.91 Å². The number of carbonyl (C=O) groups is 2. The van der Waals surface area contributed by atoms with Gasteiger partial charge in [0, 0.05) is 10.9 Å². The van der Waals surface area contributed by atoms with E-state index in [0.29, 0.717) is 27.8 Å². The van der Waals surface area contributed by atoms with Crippen molar-refractivity contribution in [1.82, 2.24) is 5.32 Å². The lowest BCUT2D eigenvalue weighted by Gasteiger charge is -2.08. The Bertz CT molecular complexity index is 887. The van der Waals surface area contributed by atoms with Crippen molar-refractivity contribution < 1.29 is 19.1 Å². The molecule has 7 heteroatoms. The molecule has 0 aliphatic rings. The molecular formula is C19H17NO4S2. The molecule has 2 aromatic heterocycles. The molecule has 26 heavy (non-hydrogen) atoms. The number of amides is 1. The van der Waals surface area contributed by atoms with Crippen molar-refractivity contribution in [3.05, 3.63) is 68.5 Å². The Kier molecular flexibility index (Phi) is 6.04. The van der Waals surface area contributed by atoms with Crippen molar-refractivity contribution in [3.8, 4) is 11.5 Å². The number of ketones is 1. The first kappa shape index (κ1) is 18.2. The third-order valence-electron chi connectivity index (χ3n) is 3.50. The number of thiophene rings is 2. The third kappa shape index (κ3) is 4.71. The van der Waals surface area contributed by atoms with Gasteiger partial charge in [0.2, 0.25) is 5.78 Å². The van der Waals surface area contributed by atoms with E-state index in [1.807, 2.05) is 23.6 Å². The molecule has 0 spiro atoms. The second kappa shape index (κ2) is 8.64. The Morgan fingerprint density at radius 3 is 2.65 bits per heavy atom. The summed E-state index contributed by atoms with van der Waals surface area (Å²) >= 11 is 2.81. The first-order chi connectivity index (χ1) is 12.7. The molecular weight excluding hydrogens is 370 g/mol. The Morgan fingerprint density at radius 1 is 1.04 bits per heavy atom. The number of methoxy groups -OCH3 is 1. The minimum atomic E-state index is -0.229. The Balaban J connectivity index is 1.48. The summed E-state index contributed by atoms with van der Waals surface area (Å²) in [6, 6.07) is 14.4. The average Bonchev–Trinajstić information content (AvgIpc) is 3.36. The fraction of sp³-hybridized carbons (Fsp3) is 0.158. The zero-order valence-electron chi connectivity index (χ0n) is 14.1. The predicted molar refractivity (Wildman–Crippen MR) is 102 cm³/mol. The molecule has 0 aliphatic carbocycles. The fourth-order valence-corrected chi connectivity index (χ4v) is 3.84. The van der Waals surface area contributed by atoms with E-state index >= 15 is 0 Å². The van der Waals surface area contributed by atoms with Crippen LogP contribution in [0.4, 0.5) is 0 Å². The second-order valence-corrected chi connectivity index (χ2v) is 7.43. The predicted octanol–water partition coefficient (Wildman–Crippen LogP) is 3.74. The largest absolute Gasteiger partial charge is 0.497 e. The number of rotatable bonds is 8. The zero-order chi connectivity index (χ0) is 18.4. The lowest BCUT2D eigenvalue weighted by molar-refractivity contribution is -0.123. The number of carbonyl (C=O) groups excluding carboxylic acids is 2. The highest BCUT2D eigenvalue weighted by atomic mass is 32.1. The standard InChI is InChI=1S/C19H17NO4S2/c1-23-13-4-2-5-14(10-13)24-12-18(21)20-11-15-7-8-17(26-15)19(22)16-6-3-9-25-16/h2-10H,11-12H2,1H3,(H,20,21). The van der Waals surface area contributed by atoms with Gasteiger partial charge in [0.15, 0.2) is 6.61 Å². The van der Waals surface area contributed by atoms with Gasteiger partial charge in [-0.2, -0.15) is 0 Å². The zero-order valence-corrected chi connectivity index (χ0v) is 15.7. The molecule has 0 fully saturated rings. The van der Waals surface area contributed by atoms with Crippen LogP contribution in [0.2, 0.25) is 0 Å². The van der Waals surface area contributed by atoms with Crippen LogP contribution in [0, 0.1) is 0 Å². The Hall–Kier alpha value is -2.64. The number of benzene rings is 1. The Morgan fingerprint density at radius 2 is 1.88 bits per heavy atom. The van der Waals surface area contributed by atoms with E-state index in [2.05, 4.69) is 5.32 Å². The summed E-state index contributed by atoms with van der Waals surface area (Å²) in [5, 5.41) is 4.67. The molecule has 0 radical (unpaired) electrons. The van der Waals surface area contributed by atoms with Gasteiger partial charge in [-0.1, -0.05) is 12.1 Å². The van der Waals surface area contributed by atoms with Crippen molar-refractivity contribution in [2.75, 3.05) is 13.7 Å². The van der Waals surface area contributed by atoms with Crippen LogP contribution in [-0.2, 0) is 11.3 Å². The summed E-state index contributed by atoms with van der Waals surface area (Å²) in [5.74, 6) is 1.03. The molecule has 1 aromatic carbocycles. The summed E-state index contributed by atoms with van der Waals surface area (Å²) in [4.78, 5) is 26.5. The van der Waals surface area contributed by atoms with Crippen LogP contribution in [0.25, 0.3) is 0 Å². The van der Waals surface area contributed by atoms with Gasteiger partial charge in [-0.05, 0) is 35.7 Å². The monoisotopic (exact) mass is 387 g/mol. The summed E-state index contributed by atoms with van der Waals surface area (Å²) in [7, 11) is 1.57. The van der Waals surface area contributed by atoms with Crippen LogP contribution in [0.5, 0.6) is 11.5 Å². The number of hydrogen-bond donors (Lipinski definition) is 1. The lowest BCUT2D eigenvalue weighted by Crippen LogP contribution is -2.28. The van der Waals surface area contributed by atoms with Gasteiger partial charge < -0.3 is 14.8 Å². The molecule has 0 bridgehead atoms. The molecule has 134 valence electrons. The van der Waals surface area contributed by atoms with Gasteiger partial charge in [0.05, 0.1) is 23.4 Å². The van der Waals surface area contributed by atoms with Crippen LogP contribution in [0.1, 0.15) is 19.4 Å². The number of ether oxygens (including phenoxy) is 2. The highest BCUT2D eigenvalue weighted by molar-refractivity contribution is 7.16. The molecule has 3 rings (SSSR count). The maximum Gasteiger partial charge on any atom is 0.258 e. The molecule has 3 aromatic rings. The van der Waals surface area contributed by atoms with Gasteiger partial charge in [-0.25, -0.2) is 0 Å². The van der Waals surface area contributed by atoms with Crippen LogP contribution >= 0.6 is 22.7 Å². The van der Waals surface area contributed by atoms with E-state index in [9.17, 15) is 9.59 Å². The van der Waals surface area contributed by atoms with Crippen LogP contribution in [0.3, 0.4) is 0 Å². The fourth-order valence-electron chi connectivity index (χ4n) is 2.20. The molecule has 0 saturated heterocycles. The SMILES string of the molecule is COc1cccc(OCC(=O)NCc2ccc(C(=O)c3cccs3)s2)c1. The minimum absolute atomic E-state index is 0.0175. The number of nitrogens with one attached hydrogen (secondary N) is 1. The molecule has 2 heterocycles. The van der Waals surface area contributed by atoms with E-state index in [1.54, 1.807) is 37.4 Å². The minimum Gasteiger partial charge on any atom is -0.497 e. The highest BCUT2D eigenvalue weighted by Gasteiger charge is 2.13. The summed E-state index contributed by atoms with van der Waals surface area (Å²) in [6.45, 7) is 0.280. The van der Waals surface area contributed by atoms with Gasteiger partial charge in [-0.3, -0.25) is 9.59 Å². The van der Waals surface area contributed by atoms with Gasteiger partial charge >= 0.3 is 0 Å². The van der Waals surface area contributed by atoms with Crippen molar-refractivity contribution in [3.63, 3.8) is 0 Å². The molecule has 0 aliphatic heterocycles. The van der Waals surface area contributed by atoms with Gasteiger partial charge in [0.1, 0.15) is 11.5 Å². The maximum atomic E-state index is 12.3. The van der Waals surface area contributed by atoms with Crippen LogP contribution in [0.15, 0.2) is 53.9 Å². The molecule has 0 saturated carbocycles. The number of hydrogen-bond acceptors (Lipinski definition) is 6. The highest BCUT2D eigenvalue weighted by Crippen LogP contribution is 2.22. The van der Waals surface area contributed by atoms with Crippen molar-refractivity contribution in [2.45, 2.75) is 6.54 Å². The molecule has 0 unspecified atom stereocenters. The van der Waals surface area contributed by atoms with E-state index < -0.39 is 0 Å². The average molecular weight is 387 g/mol. The topological polar surface area (TPSA) is 64.6 Å². The first-order valence-electron chi connectivity index (χ1n) is 7.86. The van der Waals surface area contributed by atoms with Crippen LogP contribution < -0.4 is 14.8 Å². The van der Waals surface area contributed by atoms with E-state index in [1.165, 1.54) is 22.7 Å². The normalized spacial score (nSPS) is 10.3. The smallest absolute Gasteiger partial charge is 0.258 e. The van der Waals surface area contributed by atoms with Crippen LogP contribution in [-0.4, -0.2) is 25.4 Å². The van der Waals surface area contributed by atoms with E-state index in [-0.39, 0.29) is 18.3 Å². The quantitative estimate of drug-likeness (QED) is 0.598. The van der Waals surface area contributed by atoms with Crippen molar-refractivity contribution in [2.24, 2.45) is 0 Å². The van der Waals surface area contributed by atoms with E-state index in [0.717, 1.165) is 4.88 Å². The molecule has 1 amide bonds. The van der Waals surface area contributed by atoms with Crippen molar-refractivity contribution in [1.29, 1.82) is 0 Å². The van der Waals surface area contributed by atoms with Gasteiger partial charge in [-0.15, -0.1) is 22.7 Å². The maximum absolute atomic E-state index is 12.3. The summed E-state index contributed by atoms with van der Waals surface area (Å²) in [6.07, 6.45) is 0. The first-order valence-corrected chi connectivity index (χ1v) is 9.56. The van der Waals surface area contributed by atoms with E-state index in [4.69, 9.17) is 9.47 Å². The molecule has 5 nitrogen and oxygen atoms in total. The summed E-state index contributed by atoms with van der Waals surface area (Å²) < 4.78 is 10.6. The summed E-state index contributed by atoms with van der Waals surface area (Å²) in [5.41, 5.74) is 0. The lowest BCUT2D eigenvalue weighted by atomic mass is 10.3. The Labute approximate surface area is 159 Å². The molecule has 1 N–H and O–H groups in total. The van der Waals surface area contributed by atoms with Crippen molar-refractivity contribution >= 4 is 34.4 Å². The third-order valence-corrected chi connectivity index (χ3v) is 5.45.